The number of ether oxygens (including phenoxy) is 2. The van der Waals surface area contributed by atoms with Crippen LogP contribution in [0, 0.1) is 0 Å². The molecule has 0 aromatic rings. The zero-order valence-electron chi connectivity index (χ0n) is 12.5. The van der Waals surface area contributed by atoms with Crippen molar-refractivity contribution in [3.05, 3.63) is 0 Å². The zero-order valence-corrected chi connectivity index (χ0v) is 13.4. The van der Waals surface area contributed by atoms with E-state index >= 15 is 0 Å². The molecule has 0 aromatic carbocycles. The van der Waals surface area contributed by atoms with Crippen LogP contribution in [0.4, 0.5) is 9.59 Å². The molecule has 22 heavy (non-hydrogen) atoms. The van der Waals surface area contributed by atoms with Gasteiger partial charge in [0.15, 0.2) is 6.10 Å². The number of carbonyl (C=O) groups is 2. The van der Waals surface area contributed by atoms with E-state index in [4.69, 9.17) is 14.7 Å². The number of quaternary nitrogens is 1. The maximum Gasteiger partial charge on any atom is 0.506 e. The van der Waals surface area contributed by atoms with Gasteiger partial charge >= 0.3 is 20.1 Å². The number of nitrogens with zero attached hydrogens (tertiary/aromatic N) is 1. The van der Waals surface area contributed by atoms with E-state index in [0.717, 1.165) is 0 Å². The number of phosphoric ester groups is 1. The van der Waals surface area contributed by atoms with Crippen LogP contribution in [0.3, 0.4) is 0 Å². The molecule has 130 valence electrons. The van der Waals surface area contributed by atoms with Crippen molar-refractivity contribution in [3.8, 4) is 0 Å². The van der Waals surface area contributed by atoms with E-state index in [0.29, 0.717) is 11.0 Å². The second kappa shape index (κ2) is 8.91. The van der Waals surface area contributed by atoms with E-state index in [1.54, 1.807) is 0 Å². The van der Waals surface area contributed by atoms with Gasteiger partial charge in [0.25, 0.3) is 0 Å². The lowest BCUT2D eigenvalue weighted by Crippen LogP contribution is -2.37. The number of hydrogen-bond acceptors (Lipinski definition) is 7. The Bertz CT molecular complexity index is 420. The molecule has 0 bridgehead atoms. The smallest absolute Gasteiger partial charge is 0.450 e. The Hall–Kier alpha value is -1.39. The predicted octanol–water partition coefficient (Wildman–Crippen LogP) is 0.584. The Morgan fingerprint density at radius 3 is 2.14 bits per heavy atom. The number of rotatable bonds is 10. The molecule has 0 aliphatic carbocycles. The molecule has 0 rings (SSSR count). The molecule has 3 N–H and O–H groups in total. The molecule has 0 amide bonds. The van der Waals surface area contributed by atoms with E-state index in [-0.39, 0.29) is 6.61 Å². The first-order chi connectivity index (χ1) is 9.91. The Morgan fingerprint density at radius 1 is 1.09 bits per heavy atom. The van der Waals surface area contributed by atoms with Crippen molar-refractivity contribution in [2.75, 3.05) is 47.5 Å². The SMILES string of the molecule is C[N+](C)(C)CCOP(=O)(O)OC[C@@H](COC(=O)O)OC(=O)O. The van der Waals surface area contributed by atoms with Crippen LogP contribution in [-0.2, 0) is 23.1 Å². The topological polar surface area (TPSA) is 149 Å². The Labute approximate surface area is 127 Å². The largest absolute Gasteiger partial charge is 0.506 e. The number of phosphoric acid groups is 1. The molecule has 0 saturated carbocycles. The highest BCUT2D eigenvalue weighted by atomic mass is 31.2. The van der Waals surface area contributed by atoms with Crippen LogP contribution in [0.25, 0.3) is 0 Å². The highest BCUT2D eigenvalue weighted by Crippen LogP contribution is 2.43. The lowest BCUT2D eigenvalue weighted by molar-refractivity contribution is -0.870. The van der Waals surface area contributed by atoms with Gasteiger partial charge in [-0.2, -0.15) is 0 Å². The first-order valence-corrected chi connectivity index (χ1v) is 7.58. The van der Waals surface area contributed by atoms with Gasteiger partial charge in [0.05, 0.1) is 27.7 Å². The lowest BCUT2D eigenvalue weighted by Gasteiger charge is -2.24. The van der Waals surface area contributed by atoms with Crippen molar-refractivity contribution in [1.29, 1.82) is 0 Å². The van der Waals surface area contributed by atoms with E-state index in [9.17, 15) is 19.0 Å². The van der Waals surface area contributed by atoms with E-state index in [1.165, 1.54) is 0 Å². The molecule has 0 heterocycles. The summed E-state index contributed by atoms with van der Waals surface area (Å²) >= 11 is 0. The molecular weight excluding hydrogens is 325 g/mol. The van der Waals surface area contributed by atoms with Gasteiger partial charge in [0.1, 0.15) is 19.8 Å². The van der Waals surface area contributed by atoms with Crippen molar-refractivity contribution >= 4 is 20.1 Å². The maximum absolute atomic E-state index is 11.6. The summed E-state index contributed by atoms with van der Waals surface area (Å²) in [4.78, 5) is 30.1. The summed E-state index contributed by atoms with van der Waals surface area (Å²) in [5.74, 6) is 0. The quantitative estimate of drug-likeness (QED) is 0.291. The molecule has 0 spiro atoms. The minimum absolute atomic E-state index is 0.0621. The molecule has 0 aromatic heterocycles. The van der Waals surface area contributed by atoms with Crippen molar-refractivity contribution < 1.29 is 52.3 Å². The molecule has 0 aliphatic rings. The second-order valence-electron chi connectivity index (χ2n) is 5.19. The number of carboxylic acid groups (broad SMARTS) is 2. The maximum atomic E-state index is 11.6. The third kappa shape index (κ3) is 12.4. The van der Waals surface area contributed by atoms with Gasteiger partial charge in [-0.3, -0.25) is 9.05 Å². The fraction of sp³-hybridized carbons (Fsp3) is 0.800. The van der Waals surface area contributed by atoms with Crippen LogP contribution in [-0.4, -0.2) is 85.5 Å². The van der Waals surface area contributed by atoms with E-state index in [2.05, 4.69) is 14.0 Å². The average molecular weight is 346 g/mol. The van der Waals surface area contributed by atoms with Gasteiger partial charge in [0, 0.05) is 0 Å². The minimum Gasteiger partial charge on any atom is -0.450 e. The van der Waals surface area contributed by atoms with Crippen LogP contribution >= 0.6 is 7.82 Å². The molecule has 0 radical (unpaired) electrons. The third-order valence-electron chi connectivity index (χ3n) is 2.10. The normalized spacial score (nSPS) is 15.6. The lowest BCUT2D eigenvalue weighted by atomic mass is 10.4. The summed E-state index contributed by atoms with van der Waals surface area (Å²) in [7, 11) is 1.15. The van der Waals surface area contributed by atoms with Crippen molar-refractivity contribution in [3.63, 3.8) is 0 Å². The fourth-order valence-corrected chi connectivity index (χ4v) is 1.81. The van der Waals surface area contributed by atoms with Crippen LogP contribution in [0.2, 0.25) is 0 Å². The Balaban J connectivity index is 4.32. The molecule has 1 unspecified atom stereocenters. The van der Waals surface area contributed by atoms with Gasteiger partial charge in [-0.25, -0.2) is 14.2 Å². The molecule has 0 fully saturated rings. The van der Waals surface area contributed by atoms with Gasteiger partial charge in [-0.15, -0.1) is 0 Å². The van der Waals surface area contributed by atoms with Crippen LogP contribution in [0.1, 0.15) is 0 Å². The Morgan fingerprint density at radius 2 is 1.68 bits per heavy atom. The average Bonchev–Trinajstić information content (AvgIpc) is 2.30. The molecule has 2 atom stereocenters. The summed E-state index contributed by atoms with van der Waals surface area (Å²) < 4.78 is 29.7. The third-order valence-corrected chi connectivity index (χ3v) is 3.08. The highest BCUT2D eigenvalue weighted by molar-refractivity contribution is 7.47. The van der Waals surface area contributed by atoms with Crippen molar-refractivity contribution in [2.24, 2.45) is 0 Å². The number of likely N-dealkylation sites (N-methyl/N-ethyl adjacent to an activating group) is 1. The molecule has 0 aliphatic heterocycles. The summed E-state index contributed by atoms with van der Waals surface area (Å²) in [5, 5.41) is 16.8. The zero-order chi connectivity index (χ0) is 17.4. The van der Waals surface area contributed by atoms with E-state index < -0.39 is 39.5 Å². The summed E-state index contributed by atoms with van der Waals surface area (Å²) in [6.07, 6.45) is -4.75. The van der Waals surface area contributed by atoms with Gasteiger partial charge < -0.3 is 29.1 Å². The molecule has 11 nitrogen and oxygen atoms in total. The van der Waals surface area contributed by atoms with Crippen molar-refractivity contribution in [2.45, 2.75) is 6.10 Å². The summed E-state index contributed by atoms with van der Waals surface area (Å²) in [6.45, 7) is -1.00. The standard InChI is InChI=1S/C10H20NO10P/c1-11(2,3)4-5-19-22(16,17)20-7-8(21-10(14)15)6-18-9(12)13/h8H,4-7H2,1-3H3,(H2-,12,13,14,15,16,17)/p+1/t8-/m1/s1. The minimum atomic E-state index is -4.41. The highest BCUT2D eigenvalue weighted by Gasteiger charge is 2.26. The first kappa shape index (κ1) is 20.6. The molecular formula is C10H21NO10P+. The monoisotopic (exact) mass is 346 g/mol. The van der Waals surface area contributed by atoms with Gasteiger partial charge in [0.2, 0.25) is 0 Å². The predicted molar refractivity (Wildman–Crippen MR) is 71.5 cm³/mol. The summed E-state index contributed by atoms with van der Waals surface area (Å²) in [5.41, 5.74) is 0. The van der Waals surface area contributed by atoms with Crippen molar-refractivity contribution in [1.82, 2.24) is 0 Å². The van der Waals surface area contributed by atoms with Crippen LogP contribution in [0.5, 0.6) is 0 Å². The first-order valence-electron chi connectivity index (χ1n) is 6.09. The van der Waals surface area contributed by atoms with Gasteiger partial charge in [-0.05, 0) is 0 Å². The summed E-state index contributed by atoms with van der Waals surface area (Å²) in [6, 6.07) is 0. The second-order valence-corrected chi connectivity index (χ2v) is 6.65. The van der Waals surface area contributed by atoms with Gasteiger partial charge in [-0.1, -0.05) is 0 Å². The number of hydrogen-bond donors (Lipinski definition) is 3. The van der Waals surface area contributed by atoms with Crippen LogP contribution in [0.15, 0.2) is 0 Å². The molecule has 12 heteroatoms. The molecule has 0 saturated heterocycles. The Kier molecular flexibility index (Phi) is 8.35. The fourth-order valence-electron chi connectivity index (χ4n) is 1.07. The van der Waals surface area contributed by atoms with Crippen LogP contribution < -0.4 is 0 Å². The van der Waals surface area contributed by atoms with E-state index in [1.807, 2.05) is 21.1 Å².